The number of nitrogens with one attached hydrogen (secondary N) is 1. The smallest absolute Gasteiger partial charge is 0.223 e. The highest BCUT2D eigenvalue weighted by atomic mass is 35.5. The summed E-state index contributed by atoms with van der Waals surface area (Å²) in [6, 6.07) is 7.89. The number of ether oxygens (including phenoxy) is 1. The summed E-state index contributed by atoms with van der Waals surface area (Å²) >= 11 is 0. The third kappa shape index (κ3) is 4.19. The average Bonchev–Trinajstić information content (AvgIpc) is 2.97. The Labute approximate surface area is 160 Å². The number of benzene rings is 1. The normalized spacial score (nSPS) is 16.9. The van der Waals surface area contributed by atoms with Crippen LogP contribution in [0.1, 0.15) is 35.0 Å². The molecule has 0 radical (unpaired) electrons. The van der Waals surface area contributed by atoms with Crippen molar-refractivity contribution in [1.82, 2.24) is 15.4 Å². The van der Waals surface area contributed by atoms with Gasteiger partial charge in [0, 0.05) is 37.2 Å². The molecule has 1 aromatic heterocycles. The summed E-state index contributed by atoms with van der Waals surface area (Å²) in [4.78, 5) is 14.9. The van der Waals surface area contributed by atoms with E-state index in [9.17, 15) is 4.79 Å². The Bertz CT molecular complexity index is 728. The molecule has 1 amide bonds. The maximum Gasteiger partial charge on any atom is 0.223 e. The van der Waals surface area contributed by atoms with Crippen molar-refractivity contribution < 1.29 is 14.1 Å². The lowest BCUT2D eigenvalue weighted by atomic mass is 10.0. The molecule has 6 nitrogen and oxygen atoms in total. The largest absolute Gasteiger partial charge is 0.496 e. The van der Waals surface area contributed by atoms with E-state index in [1.165, 1.54) is 0 Å². The van der Waals surface area contributed by atoms with E-state index in [1.54, 1.807) is 7.11 Å². The van der Waals surface area contributed by atoms with Crippen LogP contribution < -0.4 is 10.1 Å². The minimum Gasteiger partial charge on any atom is -0.496 e. The minimum atomic E-state index is -0.0120. The van der Waals surface area contributed by atoms with Gasteiger partial charge in [-0.25, -0.2) is 0 Å². The Morgan fingerprint density at radius 3 is 2.85 bits per heavy atom. The van der Waals surface area contributed by atoms with E-state index in [4.69, 9.17) is 9.26 Å². The molecular formula is C19H26ClN3O3. The monoisotopic (exact) mass is 379 g/mol. The number of piperazine rings is 1. The van der Waals surface area contributed by atoms with Gasteiger partial charge in [-0.05, 0) is 26.3 Å². The first-order valence-electron chi connectivity index (χ1n) is 8.66. The number of methoxy groups -OCH3 is 1. The number of aromatic nitrogens is 1. The number of carbonyl (C=O) groups excluding carboxylic acids is 1. The van der Waals surface area contributed by atoms with E-state index in [-0.39, 0.29) is 24.4 Å². The van der Waals surface area contributed by atoms with Gasteiger partial charge in [-0.2, -0.15) is 0 Å². The summed E-state index contributed by atoms with van der Waals surface area (Å²) in [5.41, 5.74) is 2.95. The maximum absolute atomic E-state index is 12.9. The second kappa shape index (κ2) is 9.05. The van der Waals surface area contributed by atoms with Crippen molar-refractivity contribution in [3.8, 4) is 5.75 Å². The zero-order chi connectivity index (χ0) is 17.8. The number of para-hydroxylation sites is 1. The molecule has 1 aromatic carbocycles. The molecule has 2 aromatic rings. The molecule has 3 rings (SSSR count). The molecule has 2 heterocycles. The van der Waals surface area contributed by atoms with Gasteiger partial charge in [0.25, 0.3) is 0 Å². The molecule has 0 bridgehead atoms. The number of aryl methyl sites for hydroxylation is 2. The molecule has 142 valence electrons. The van der Waals surface area contributed by atoms with Gasteiger partial charge in [0.15, 0.2) is 0 Å². The van der Waals surface area contributed by atoms with Crippen molar-refractivity contribution in [2.75, 3.05) is 26.7 Å². The number of amides is 1. The highest BCUT2D eigenvalue weighted by Gasteiger charge is 2.29. The topological polar surface area (TPSA) is 67.6 Å². The fraction of sp³-hybridized carbons (Fsp3) is 0.474. The van der Waals surface area contributed by atoms with E-state index >= 15 is 0 Å². The van der Waals surface area contributed by atoms with Crippen molar-refractivity contribution in [3.63, 3.8) is 0 Å². The van der Waals surface area contributed by atoms with E-state index in [1.807, 2.05) is 43.0 Å². The second-order valence-electron chi connectivity index (χ2n) is 6.35. The zero-order valence-corrected chi connectivity index (χ0v) is 16.3. The van der Waals surface area contributed by atoms with E-state index in [0.29, 0.717) is 19.4 Å². The molecular weight excluding hydrogens is 354 g/mol. The van der Waals surface area contributed by atoms with E-state index in [2.05, 4.69) is 10.5 Å². The van der Waals surface area contributed by atoms with E-state index < -0.39 is 0 Å². The molecule has 1 fully saturated rings. The van der Waals surface area contributed by atoms with Crippen LogP contribution in [-0.4, -0.2) is 42.7 Å². The van der Waals surface area contributed by atoms with Gasteiger partial charge in [-0.3, -0.25) is 4.79 Å². The molecule has 1 atom stereocenters. The third-order valence-electron chi connectivity index (χ3n) is 4.83. The zero-order valence-electron chi connectivity index (χ0n) is 15.4. The summed E-state index contributed by atoms with van der Waals surface area (Å²) in [7, 11) is 1.67. The number of hydrogen-bond acceptors (Lipinski definition) is 5. The van der Waals surface area contributed by atoms with Crippen molar-refractivity contribution in [2.24, 2.45) is 0 Å². The van der Waals surface area contributed by atoms with Crippen LogP contribution in [-0.2, 0) is 11.2 Å². The first-order chi connectivity index (χ1) is 12.1. The van der Waals surface area contributed by atoms with Gasteiger partial charge in [0.2, 0.25) is 5.91 Å². The lowest BCUT2D eigenvalue weighted by Gasteiger charge is -2.37. The molecule has 7 heteroatoms. The van der Waals surface area contributed by atoms with Crippen LogP contribution in [0.3, 0.4) is 0 Å². The first kappa shape index (κ1) is 20.3. The SMILES string of the molecule is COc1ccccc1C1CNCCN1C(=O)CCc1c(C)noc1C.Cl. The van der Waals surface area contributed by atoms with Crippen molar-refractivity contribution >= 4 is 18.3 Å². The Morgan fingerprint density at radius 2 is 2.15 bits per heavy atom. The van der Waals surface area contributed by atoms with Gasteiger partial charge in [-0.1, -0.05) is 23.4 Å². The standard InChI is InChI=1S/C19H25N3O3.ClH/c1-13-15(14(2)25-21-13)8-9-19(23)22-11-10-20-12-17(22)16-6-4-5-7-18(16)24-3;/h4-7,17,20H,8-12H2,1-3H3;1H. The molecule has 1 unspecified atom stereocenters. The molecule has 1 N–H and O–H groups in total. The summed E-state index contributed by atoms with van der Waals surface area (Å²) in [6.07, 6.45) is 1.11. The van der Waals surface area contributed by atoms with Gasteiger partial charge >= 0.3 is 0 Å². The molecule has 1 aliphatic heterocycles. The Morgan fingerprint density at radius 1 is 1.38 bits per heavy atom. The Balaban J connectivity index is 0.00000243. The first-order valence-corrected chi connectivity index (χ1v) is 8.66. The molecule has 1 aliphatic rings. The van der Waals surface area contributed by atoms with Crippen LogP contribution in [0.15, 0.2) is 28.8 Å². The summed E-state index contributed by atoms with van der Waals surface area (Å²) in [6.45, 7) is 6.05. The molecule has 26 heavy (non-hydrogen) atoms. The highest BCUT2D eigenvalue weighted by molar-refractivity contribution is 5.85. The van der Waals surface area contributed by atoms with Crippen LogP contribution in [0.25, 0.3) is 0 Å². The van der Waals surface area contributed by atoms with Gasteiger partial charge in [-0.15, -0.1) is 12.4 Å². The lowest BCUT2D eigenvalue weighted by molar-refractivity contribution is -0.134. The fourth-order valence-corrected chi connectivity index (χ4v) is 3.46. The van der Waals surface area contributed by atoms with Gasteiger partial charge in [0.05, 0.1) is 18.8 Å². The number of rotatable bonds is 5. The molecule has 1 saturated heterocycles. The van der Waals surface area contributed by atoms with Crippen LogP contribution >= 0.6 is 12.4 Å². The quantitative estimate of drug-likeness (QED) is 0.865. The third-order valence-corrected chi connectivity index (χ3v) is 4.83. The minimum absolute atomic E-state index is 0. The van der Waals surface area contributed by atoms with Crippen molar-refractivity contribution in [2.45, 2.75) is 32.7 Å². The van der Waals surface area contributed by atoms with Crippen LogP contribution in [0, 0.1) is 13.8 Å². The highest BCUT2D eigenvalue weighted by Crippen LogP contribution is 2.30. The molecule has 0 spiro atoms. The Kier molecular flexibility index (Phi) is 7.06. The summed E-state index contributed by atoms with van der Waals surface area (Å²) in [5.74, 6) is 1.77. The number of hydrogen-bond donors (Lipinski definition) is 1. The van der Waals surface area contributed by atoms with Crippen LogP contribution in [0.5, 0.6) is 5.75 Å². The maximum atomic E-state index is 12.9. The number of carbonyl (C=O) groups is 1. The van der Waals surface area contributed by atoms with Crippen LogP contribution in [0.4, 0.5) is 0 Å². The lowest BCUT2D eigenvalue weighted by Crippen LogP contribution is -2.48. The van der Waals surface area contributed by atoms with E-state index in [0.717, 1.165) is 41.4 Å². The number of nitrogens with zero attached hydrogens (tertiary/aromatic N) is 2. The van der Waals surface area contributed by atoms with Crippen molar-refractivity contribution in [1.29, 1.82) is 0 Å². The second-order valence-corrected chi connectivity index (χ2v) is 6.35. The van der Waals surface area contributed by atoms with Crippen molar-refractivity contribution in [3.05, 3.63) is 46.8 Å². The van der Waals surface area contributed by atoms with Crippen LogP contribution in [0.2, 0.25) is 0 Å². The van der Waals surface area contributed by atoms with Gasteiger partial charge in [0.1, 0.15) is 11.5 Å². The summed E-state index contributed by atoms with van der Waals surface area (Å²) < 4.78 is 10.7. The predicted molar refractivity (Wildman–Crippen MR) is 102 cm³/mol. The predicted octanol–water partition coefficient (Wildman–Crippen LogP) is 2.83. The van der Waals surface area contributed by atoms with Gasteiger partial charge < -0.3 is 19.5 Å². The number of halogens is 1. The average molecular weight is 380 g/mol. The molecule has 0 aliphatic carbocycles. The summed E-state index contributed by atoms with van der Waals surface area (Å²) in [5, 5.41) is 7.35. The fourth-order valence-electron chi connectivity index (χ4n) is 3.46. The molecule has 0 saturated carbocycles. The Hall–Kier alpha value is -2.05.